The summed E-state index contributed by atoms with van der Waals surface area (Å²) >= 11 is 7.06. The van der Waals surface area contributed by atoms with Gasteiger partial charge in [0.15, 0.2) is 11.0 Å². The van der Waals surface area contributed by atoms with Gasteiger partial charge in [-0.1, -0.05) is 53.7 Å². The molecule has 9 heteroatoms. The van der Waals surface area contributed by atoms with Gasteiger partial charge in [0, 0.05) is 17.7 Å². The zero-order valence-corrected chi connectivity index (χ0v) is 16.6. The molecule has 3 aromatic rings. The fraction of sp³-hybridized carbons (Fsp3) is 0.211. The smallest absolute Gasteiger partial charge is 0.234 e. The van der Waals surface area contributed by atoms with Crippen LogP contribution >= 0.6 is 23.4 Å². The highest BCUT2D eigenvalue weighted by molar-refractivity contribution is 7.99. The quantitative estimate of drug-likeness (QED) is 0.555. The van der Waals surface area contributed by atoms with Crippen LogP contribution in [-0.2, 0) is 16.1 Å². The second-order valence-corrected chi connectivity index (χ2v) is 7.16. The molecule has 1 aromatic heterocycles. The summed E-state index contributed by atoms with van der Waals surface area (Å²) < 4.78 is 20.8. The molecule has 0 atom stereocenters. The lowest BCUT2D eigenvalue weighted by molar-refractivity contribution is -0.113. The van der Waals surface area contributed by atoms with Crippen LogP contribution in [0.5, 0.6) is 0 Å². The van der Waals surface area contributed by atoms with E-state index in [9.17, 15) is 9.18 Å². The molecule has 3 rings (SSSR count). The molecule has 0 saturated carbocycles. The predicted molar refractivity (Wildman–Crippen MR) is 108 cm³/mol. The number of carbonyl (C=O) groups is 1. The lowest BCUT2D eigenvalue weighted by Crippen LogP contribution is -2.16. The number of benzene rings is 2. The van der Waals surface area contributed by atoms with Crippen molar-refractivity contribution in [1.82, 2.24) is 14.8 Å². The van der Waals surface area contributed by atoms with Gasteiger partial charge in [-0.3, -0.25) is 9.36 Å². The number of ether oxygens (including phenoxy) is 1. The number of nitrogens with zero attached hydrogens (tertiary/aromatic N) is 3. The molecule has 0 aliphatic carbocycles. The first-order chi connectivity index (χ1) is 13.6. The lowest BCUT2D eigenvalue weighted by Gasteiger charge is -2.10. The second kappa shape index (κ2) is 9.68. The average molecular weight is 421 g/mol. The molecule has 1 amide bonds. The summed E-state index contributed by atoms with van der Waals surface area (Å²) in [5, 5.41) is 11.9. The minimum absolute atomic E-state index is 0.0453. The van der Waals surface area contributed by atoms with Gasteiger partial charge in [-0.05, 0) is 18.2 Å². The van der Waals surface area contributed by atoms with Crippen LogP contribution in [0, 0.1) is 5.82 Å². The van der Waals surface area contributed by atoms with Crippen LogP contribution in [-0.4, -0.2) is 40.1 Å². The summed E-state index contributed by atoms with van der Waals surface area (Å²) in [6.45, 7) is 1.02. The Bertz CT molecular complexity index is 952. The summed E-state index contributed by atoms with van der Waals surface area (Å²) in [7, 11) is 1.62. The van der Waals surface area contributed by atoms with E-state index in [1.165, 1.54) is 30.0 Å². The maximum atomic E-state index is 13.8. The van der Waals surface area contributed by atoms with Gasteiger partial charge in [-0.25, -0.2) is 4.39 Å². The molecule has 0 radical (unpaired) electrons. The Kier molecular flexibility index (Phi) is 7.02. The van der Waals surface area contributed by atoms with Crippen molar-refractivity contribution in [2.75, 3.05) is 24.8 Å². The molecule has 0 aliphatic rings. The Morgan fingerprint density at radius 2 is 2.04 bits per heavy atom. The second-order valence-electron chi connectivity index (χ2n) is 5.78. The fourth-order valence-electron chi connectivity index (χ4n) is 2.49. The van der Waals surface area contributed by atoms with Crippen molar-refractivity contribution in [2.24, 2.45) is 0 Å². The standard InChI is InChI=1S/C19H18ClFN4O2S/c1-27-10-9-25-18(13-5-3-2-4-6-13)23-24-19(25)28-12-17(26)22-16-11-14(20)7-8-15(16)21/h2-8,11H,9-10,12H2,1H3,(H,22,26). The Morgan fingerprint density at radius 1 is 1.25 bits per heavy atom. The van der Waals surface area contributed by atoms with E-state index in [2.05, 4.69) is 15.5 Å². The highest BCUT2D eigenvalue weighted by atomic mass is 35.5. The fourth-order valence-corrected chi connectivity index (χ4v) is 3.43. The highest BCUT2D eigenvalue weighted by Gasteiger charge is 2.16. The van der Waals surface area contributed by atoms with Crippen LogP contribution in [0.4, 0.5) is 10.1 Å². The SMILES string of the molecule is COCCn1c(SCC(=O)Nc2cc(Cl)ccc2F)nnc1-c1ccccc1. The maximum absolute atomic E-state index is 13.8. The number of hydrogen-bond donors (Lipinski definition) is 1. The van der Waals surface area contributed by atoms with Crippen LogP contribution in [0.1, 0.15) is 0 Å². The molecule has 0 fully saturated rings. The molecule has 0 bridgehead atoms. The Balaban J connectivity index is 1.72. The molecule has 1 heterocycles. The molecule has 1 N–H and O–H groups in total. The van der Waals surface area contributed by atoms with E-state index in [4.69, 9.17) is 16.3 Å². The Labute approximate surface area is 171 Å². The zero-order chi connectivity index (χ0) is 19.9. The first kappa shape index (κ1) is 20.3. The van der Waals surface area contributed by atoms with Crippen molar-refractivity contribution in [3.8, 4) is 11.4 Å². The summed E-state index contributed by atoms with van der Waals surface area (Å²) in [5.41, 5.74) is 0.965. The first-order valence-corrected chi connectivity index (χ1v) is 9.80. The monoisotopic (exact) mass is 420 g/mol. The number of amides is 1. The van der Waals surface area contributed by atoms with Gasteiger partial charge in [-0.15, -0.1) is 10.2 Å². The Hall–Kier alpha value is -2.42. The van der Waals surface area contributed by atoms with Gasteiger partial charge in [-0.2, -0.15) is 0 Å². The normalized spacial score (nSPS) is 10.8. The number of nitrogens with one attached hydrogen (secondary N) is 1. The Morgan fingerprint density at radius 3 is 2.79 bits per heavy atom. The zero-order valence-electron chi connectivity index (χ0n) is 15.1. The average Bonchev–Trinajstić information content (AvgIpc) is 3.11. The number of thioether (sulfide) groups is 1. The maximum Gasteiger partial charge on any atom is 0.234 e. The van der Waals surface area contributed by atoms with E-state index in [-0.39, 0.29) is 17.3 Å². The van der Waals surface area contributed by atoms with Crippen LogP contribution in [0.15, 0.2) is 53.7 Å². The number of anilines is 1. The third-order valence-corrected chi connectivity index (χ3v) is 5.00. The van der Waals surface area contributed by atoms with Gasteiger partial charge >= 0.3 is 0 Å². The molecule has 0 unspecified atom stereocenters. The molecule has 0 aliphatic heterocycles. The number of rotatable bonds is 8. The summed E-state index contributed by atoms with van der Waals surface area (Å²) in [5.74, 6) is -0.168. The summed E-state index contributed by atoms with van der Waals surface area (Å²) in [4.78, 5) is 12.2. The van der Waals surface area contributed by atoms with E-state index in [1.54, 1.807) is 7.11 Å². The molecule has 28 heavy (non-hydrogen) atoms. The van der Waals surface area contributed by atoms with Gasteiger partial charge in [0.2, 0.25) is 5.91 Å². The van der Waals surface area contributed by atoms with Crippen molar-refractivity contribution in [1.29, 1.82) is 0 Å². The molecular weight excluding hydrogens is 403 g/mol. The first-order valence-electron chi connectivity index (χ1n) is 8.43. The van der Waals surface area contributed by atoms with Crippen LogP contribution in [0.25, 0.3) is 11.4 Å². The van der Waals surface area contributed by atoms with Crippen LogP contribution < -0.4 is 5.32 Å². The largest absolute Gasteiger partial charge is 0.383 e. The van der Waals surface area contributed by atoms with Gasteiger partial charge in [0.25, 0.3) is 0 Å². The van der Waals surface area contributed by atoms with E-state index < -0.39 is 5.82 Å². The van der Waals surface area contributed by atoms with Gasteiger partial charge in [0.05, 0.1) is 24.6 Å². The molecule has 6 nitrogen and oxygen atoms in total. The molecular formula is C19H18ClFN4O2S. The molecule has 2 aromatic carbocycles. The lowest BCUT2D eigenvalue weighted by atomic mass is 10.2. The van der Waals surface area contributed by atoms with Crippen LogP contribution in [0.3, 0.4) is 0 Å². The van der Waals surface area contributed by atoms with E-state index >= 15 is 0 Å². The summed E-state index contributed by atoms with van der Waals surface area (Å²) in [6, 6.07) is 13.6. The van der Waals surface area contributed by atoms with Crippen molar-refractivity contribution in [2.45, 2.75) is 11.7 Å². The molecule has 0 saturated heterocycles. The topological polar surface area (TPSA) is 69.0 Å². The molecule has 0 spiro atoms. The van der Waals surface area contributed by atoms with Gasteiger partial charge in [0.1, 0.15) is 5.82 Å². The van der Waals surface area contributed by atoms with Crippen molar-refractivity contribution in [3.05, 3.63) is 59.4 Å². The minimum atomic E-state index is -0.544. The van der Waals surface area contributed by atoms with Gasteiger partial charge < -0.3 is 10.1 Å². The minimum Gasteiger partial charge on any atom is -0.383 e. The van der Waals surface area contributed by atoms with E-state index in [0.717, 1.165) is 5.56 Å². The molecule has 146 valence electrons. The third-order valence-electron chi connectivity index (χ3n) is 3.80. The van der Waals surface area contributed by atoms with Crippen molar-refractivity contribution in [3.63, 3.8) is 0 Å². The number of methoxy groups -OCH3 is 1. The third kappa shape index (κ3) is 5.09. The van der Waals surface area contributed by atoms with Crippen LogP contribution in [0.2, 0.25) is 5.02 Å². The van der Waals surface area contributed by atoms with Crippen molar-refractivity contribution < 1.29 is 13.9 Å². The number of aromatic nitrogens is 3. The van der Waals surface area contributed by atoms with E-state index in [1.807, 2.05) is 34.9 Å². The predicted octanol–water partition coefficient (Wildman–Crippen LogP) is 4.11. The summed E-state index contributed by atoms with van der Waals surface area (Å²) in [6.07, 6.45) is 0. The number of halogens is 2. The van der Waals surface area contributed by atoms with E-state index in [0.29, 0.717) is 29.2 Å². The van der Waals surface area contributed by atoms with Crippen molar-refractivity contribution >= 4 is 35.0 Å². The number of hydrogen-bond acceptors (Lipinski definition) is 5. The number of carbonyl (C=O) groups excluding carboxylic acids is 1. The highest BCUT2D eigenvalue weighted by Crippen LogP contribution is 2.25.